The Morgan fingerprint density at radius 3 is 2.14 bits per heavy atom. The molecule has 1 unspecified atom stereocenters. The zero-order chi connectivity index (χ0) is 21.8. The van der Waals surface area contributed by atoms with E-state index in [9.17, 15) is 40.4 Å². The Morgan fingerprint density at radius 1 is 1.03 bits per heavy atom. The van der Waals surface area contributed by atoms with E-state index in [-0.39, 0.29) is 19.3 Å². The summed E-state index contributed by atoms with van der Waals surface area (Å²) in [6.07, 6.45) is -12.5. The number of hydrogen-bond acceptors (Lipinski definition) is 2. The van der Waals surface area contributed by atoms with E-state index < -0.39 is 64.5 Å². The summed E-state index contributed by atoms with van der Waals surface area (Å²) < 4.78 is 112. The zero-order valence-electron chi connectivity index (χ0n) is 14.6. The van der Waals surface area contributed by atoms with Crippen molar-refractivity contribution in [2.24, 2.45) is 11.3 Å². The van der Waals surface area contributed by atoms with Crippen molar-refractivity contribution in [2.45, 2.75) is 38.0 Å². The van der Waals surface area contributed by atoms with Gasteiger partial charge in [0, 0.05) is 11.8 Å². The van der Waals surface area contributed by atoms with Crippen LogP contribution in [0.25, 0.3) is 0 Å². The fourth-order valence-corrected chi connectivity index (χ4v) is 4.14. The number of rotatable bonds is 1. The first-order valence-corrected chi connectivity index (χ1v) is 8.47. The molecule has 1 aromatic rings. The highest BCUT2D eigenvalue weighted by atomic mass is 19.4. The van der Waals surface area contributed by atoms with E-state index in [1.807, 2.05) is 0 Å². The summed E-state index contributed by atoms with van der Waals surface area (Å²) in [5.41, 5.74) is -6.75. The Kier molecular flexibility index (Phi) is 4.88. The first-order valence-electron chi connectivity index (χ1n) is 8.47. The summed E-state index contributed by atoms with van der Waals surface area (Å²) in [6, 6.07) is 2.98. The molecular weight excluding hydrogens is 410 g/mol. The molecule has 0 amide bonds. The van der Waals surface area contributed by atoms with Crippen molar-refractivity contribution in [1.29, 1.82) is 10.7 Å². The van der Waals surface area contributed by atoms with Crippen molar-refractivity contribution in [2.75, 3.05) is 4.90 Å². The lowest BCUT2D eigenvalue weighted by Gasteiger charge is -2.50. The molecule has 0 radical (unpaired) electrons. The Hall–Kier alpha value is -2.64. The highest BCUT2D eigenvalue weighted by Crippen LogP contribution is 2.64. The summed E-state index contributed by atoms with van der Waals surface area (Å²) in [5, 5.41) is 17.3. The molecule has 1 atom stereocenters. The van der Waals surface area contributed by atoms with Gasteiger partial charge in [-0.3, -0.25) is 10.3 Å². The number of nitrogens with one attached hydrogen (secondary N) is 1. The molecule has 1 N–H and O–H groups in total. The third kappa shape index (κ3) is 2.88. The van der Waals surface area contributed by atoms with E-state index in [0.717, 1.165) is 18.2 Å². The van der Waals surface area contributed by atoms with E-state index in [2.05, 4.69) is 0 Å². The predicted octanol–water partition coefficient (Wildman–Crippen LogP) is 5.84. The molecule has 3 rings (SSSR count). The highest BCUT2D eigenvalue weighted by Gasteiger charge is 2.79. The van der Waals surface area contributed by atoms with E-state index in [1.54, 1.807) is 0 Å². The molecule has 1 aromatic carbocycles. The molecule has 3 nitrogen and oxygen atoms in total. The number of hydrogen-bond donors (Lipinski definition) is 1. The molecule has 1 aliphatic carbocycles. The fourth-order valence-electron chi connectivity index (χ4n) is 4.14. The van der Waals surface area contributed by atoms with Crippen LogP contribution >= 0.6 is 0 Å². The van der Waals surface area contributed by atoms with Crippen molar-refractivity contribution in [3.8, 4) is 6.07 Å². The summed E-state index contributed by atoms with van der Waals surface area (Å²) >= 11 is 0. The van der Waals surface area contributed by atoms with Crippen molar-refractivity contribution in [3.63, 3.8) is 0 Å². The molecule has 0 spiro atoms. The molecule has 1 heterocycles. The second-order valence-corrected chi connectivity index (χ2v) is 6.81. The van der Waals surface area contributed by atoms with Crippen LogP contribution in [-0.2, 0) is 0 Å². The third-order valence-corrected chi connectivity index (χ3v) is 5.31. The quantitative estimate of drug-likeness (QED) is 0.577. The van der Waals surface area contributed by atoms with Crippen LogP contribution in [0.4, 0.5) is 40.8 Å². The Balaban J connectivity index is 2.41. The largest absolute Gasteiger partial charge is 0.408 e. The lowest BCUT2D eigenvalue weighted by Crippen LogP contribution is -2.63. The number of nitriles is 1. The van der Waals surface area contributed by atoms with Crippen LogP contribution in [0.15, 0.2) is 29.5 Å². The van der Waals surface area contributed by atoms with Crippen LogP contribution in [0.3, 0.4) is 0 Å². The van der Waals surface area contributed by atoms with Gasteiger partial charge in [0.25, 0.3) is 0 Å². The lowest BCUT2D eigenvalue weighted by atomic mass is 9.62. The summed E-state index contributed by atoms with van der Waals surface area (Å²) in [5.74, 6) is -6.61. The number of benzene rings is 1. The smallest absolute Gasteiger partial charge is 0.299 e. The molecule has 11 heteroatoms. The van der Waals surface area contributed by atoms with Crippen molar-refractivity contribution < 1.29 is 35.1 Å². The minimum Gasteiger partial charge on any atom is -0.299 e. The van der Waals surface area contributed by atoms with Crippen LogP contribution < -0.4 is 4.90 Å². The minimum absolute atomic E-state index is 0.0119. The Morgan fingerprint density at radius 2 is 1.62 bits per heavy atom. The average molecular weight is 423 g/mol. The van der Waals surface area contributed by atoms with Gasteiger partial charge in [0.05, 0.1) is 11.8 Å². The van der Waals surface area contributed by atoms with Crippen LogP contribution in [0.1, 0.15) is 25.7 Å². The topological polar surface area (TPSA) is 50.9 Å². The highest BCUT2D eigenvalue weighted by molar-refractivity contribution is 6.04. The van der Waals surface area contributed by atoms with Gasteiger partial charge in [0.2, 0.25) is 5.41 Å². The van der Waals surface area contributed by atoms with Gasteiger partial charge in [-0.25, -0.2) is 8.78 Å². The van der Waals surface area contributed by atoms with Gasteiger partial charge < -0.3 is 0 Å². The molecular formula is C18H13F8N3. The number of anilines is 1. The maximum atomic E-state index is 14.3. The van der Waals surface area contributed by atoms with Gasteiger partial charge in [-0.05, 0) is 43.4 Å². The fraction of sp³-hybridized carbons (Fsp3) is 0.444. The molecule has 29 heavy (non-hydrogen) atoms. The predicted molar refractivity (Wildman–Crippen MR) is 85.7 cm³/mol. The molecule has 0 aromatic heterocycles. The maximum absolute atomic E-state index is 14.3. The monoisotopic (exact) mass is 423 g/mol. The molecule has 1 aliphatic heterocycles. The van der Waals surface area contributed by atoms with Crippen molar-refractivity contribution >= 4 is 11.5 Å². The minimum atomic E-state index is -5.91. The van der Waals surface area contributed by atoms with Gasteiger partial charge in [0.1, 0.15) is 23.4 Å². The summed E-state index contributed by atoms with van der Waals surface area (Å²) in [6.45, 7) is 0. The first kappa shape index (κ1) is 21.1. The molecule has 2 aliphatic rings. The van der Waals surface area contributed by atoms with Crippen molar-refractivity contribution in [3.05, 3.63) is 41.1 Å². The number of alkyl halides is 6. The van der Waals surface area contributed by atoms with Gasteiger partial charge >= 0.3 is 12.4 Å². The van der Waals surface area contributed by atoms with E-state index in [0.29, 0.717) is 11.0 Å². The van der Waals surface area contributed by atoms with Gasteiger partial charge in [0.15, 0.2) is 0 Å². The van der Waals surface area contributed by atoms with Gasteiger partial charge in [-0.15, -0.1) is 0 Å². The number of amidine groups is 1. The molecule has 0 bridgehead atoms. The normalized spacial score (nSPS) is 22.4. The molecule has 0 fully saturated rings. The average Bonchev–Trinajstić information content (AvgIpc) is 2.59. The number of halogens is 8. The second-order valence-electron chi connectivity index (χ2n) is 6.81. The lowest BCUT2D eigenvalue weighted by molar-refractivity contribution is -0.333. The van der Waals surface area contributed by atoms with Gasteiger partial charge in [-0.1, -0.05) is 0 Å². The van der Waals surface area contributed by atoms with E-state index in [1.165, 1.54) is 0 Å². The SMILES string of the molecule is N#CC1C(=N)N(c2ccc(F)cc2F)C2=C(CCCC2)C1(C(F)(F)F)C(F)(F)F. The molecule has 0 saturated heterocycles. The number of allylic oxidation sites excluding steroid dienone is 2. The van der Waals surface area contributed by atoms with E-state index >= 15 is 0 Å². The summed E-state index contributed by atoms with van der Waals surface area (Å²) in [7, 11) is 0. The Bertz CT molecular complexity index is 909. The first-order chi connectivity index (χ1) is 13.4. The van der Waals surface area contributed by atoms with E-state index in [4.69, 9.17) is 5.41 Å². The number of nitrogens with zero attached hydrogens (tertiary/aromatic N) is 2. The Labute approximate surface area is 159 Å². The third-order valence-electron chi connectivity index (χ3n) is 5.31. The van der Waals surface area contributed by atoms with Crippen LogP contribution in [0.2, 0.25) is 0 Å². The zero-order valence-corrected chi connectivity index (χ0v) is 14.6. The molecule has 0 saturated carbocycles. The van der Waals surface area contributed by atoms with Gasteiger partial charge in [-0.2, -0.15) is 31.6 Å². The second kappa shape index (κ2) is 6.71. The van der Waals surface area contributed by atoms with Crippen LogP contribution in [0, 0.1) is 39.7 Å². The summed E-state index contributed by atoms with van der Waals surface area (Å²) in [4.78, 5) is 0.590. The molecule has 156 valence electrons. The standard InChI is InChI=1S/C18H13F8N3/c19-9-5-6-14(12(20)7-9)29-13-4-2-1-3-10(13)16(17(21,22)23,18(24,25)26)11(8-27)15(29)28/h5-7,11,28H,1-4H2. The van der Waals surface area contributed by atoms with Crippen molar-refractivity contribution in [1.82, 2.24) is 0 Å². The van der Waals surface area contributed by atoms with Crippen LogP contribution in [0.5, 0.6) is 0 Å². The maximum Gasteiger partial charge on any atom is 0.408 e. The van der Waals surface area contributed by atoms with Crippen LogP contribution in [-0.4, -0.2) is 18.2 Å².